The van der Waals surface area contributed by atoms with E-state index in [4.69, 9.17) is 0 Å². The van der Waals surface area contributed by atoms with Crippen LogP contribution in [-0.2, 0) is 14.4 Å². The van der Waals surface area contributed by atoms with E-state index in [1.165, 1.54) is 0 Å². The van der Waals surface area contributed by atoms with Gasteiger partial charge >= 0.3 is 0 Å². The van der Waals surface area contributed by atoms with Crippen molar-refractivity contribution in [2.24, 2.45) is 0 Å². The van der Waals surface area contributed by atoms with Gasteiger partial charge in [0.05, 0.1) is 6.54 Å². The Morgan fingerprint density at radius 1 is 1.03 bits per heavy atom. The van der Waals surface area contributed by atoms with Crippen LogP contribution in [0, 0.1) is 0 Å². The van der Waals surface area contributed by atoms with Gasteiger partial charge in [0.25, 0.3) is 0 Å². The monoisotopic (exact) mass is 414 g/mol. The number of nitrogens with one attached hydrogen (secondary N) is 1. The highest BCUT2D eigenvalue weighted by Gasteiger charge is 2.36. The van der Waals surface area contributed by atoms with Crippen molar-refractivity contribution in [3.8, 4) is 0 Å². The van der Waals surface area contributed by atoms with Crippen LogP contribution in [0.25, 0.3) is 0 Å². The number of piperazine rings is 1. The Labute approximate surface area is 179 Å². The van der Waals surface area contributed by atoms with Crippen LogP contribution in [0.4, 0.5) is 0 Å². The predicted molar refractivity (Wildman–Crippen MR) is 116 cm³/mol. The highest BCUT2D eigenvalue weighted by Crippen LogP contribution is 2.28. The van der Waals surface area contributed by atoms with Gasteiger partial charge in [-0.05, 0) is 31.7 Å². The summed E-state index contributed by atoms with van der Waals surface area (Å²) in [6.07, 6.45) is 3.24. The molecule has 2 aliphatic rings. The molecule has 2 saturated heterocycles. The minimum atomic E-state index is -0.556. The highest BCUT2D eigenvalue weighted by atomic mass is 16.2. The standard InChI is InChI=1S/C23H34N4O3/c1-3-18(2)24-20(28)17-25-13-15-26(16-14-25)23(30)22(19-9-5-4-6-10-19)27-12-8-7-11-21(27)29/h4-6,9-10,18,22H,3,7-8,11-17H2,1-2H3,(H,24,28). The first-order valence-corrected chi connectivity index (χ1v) is 11.1. The fraction of sp³-hybridized carbons (Fsp3) is 0.609. The van der Waals surface area contributed by atoms with E-state index < -0.39 is 6.04 Å². The molecule has 0 bridgehead atoms. The number of amides is 3. The molecule has 3 rings (SSSR count). The molecular weight excluding hydrogens is 380 g/mol. The van der Waals surface area contributed by atoms with Crippen LogP contribution < -0.4 is 5.32 Å². The number of likely N-dealkylation sites (tertiary alicyclic amines) is 1. The summed E-state index contributed by atoms with van der Waals surface area (Å²) in [4.78, 5) is 43.9. The molecule has 7 nitrogen and oxygen atoms in total. The molecule has 0 spiro atoms. The molecule has 0 aromatic heterocycles. The Hall–Kier alpha value is -2.41. The molecule has 1 N–H and O–H groups in total. The van der Waals surface area contributed by atoms with E-state index in [0.717, 1.165) is 24.8 Å². The molecule has 1 aromatic carbocycles. The summed E-state index contributed by atoms with van der Waals surface area (Å²) in [7, 11) is 0. The summed E-state index contributed by atoms with van der Waals surface area (Å²) in [6.45, 7) is 7.50. The molecule has 2 aliphatic heterocycles. The quantitative estimate of drug-likeness (QED) is 0.738. The summed E-state index contributed by atoms with van der Waals surface area (Å²) in [6, 6.07) is 9.23. The summed E-state index contributed by atoms with van der Waals surface area (Å²) in [5.74, 6) is 0.0779. The second kappa shape index (κ2) is 10.6. The van der Waals surface area contributed by atoms with Crippen LogP contribution in [0.1, 0.15) is 51.1 Å². The van der Waals surface area contributed by atoms with Gasteiger partial charge in [0.2, 0.25) is 17.7 Å². The normalized spacial score (nSPS) is 20.0. The van der Waals surface area contributed by atoms with Crippen LogP contribution in [-0.4, -0.2) is 77.7 Å². The number of rotatable bonds is 7. The molecule has 3 amide bonds. The van der Waals surface area contributed by atoms with Crippen LogP contribution in [0.15, 0.2) is 30.3 Å². The SMILES string of the molecule is CCC(C)NC(=O)CN1CCN(C(=O)C(c2ccccc2)N2CCCCC2=O)CC1. The predicted octanol–water partition coefficient (Wildman–Crippen LogP) is 1.80. The lowest BCUT2D eigenvalue weighted by atomic mass is 9.99. The molecule has 1 aromatic rings. The van der Waals surface area contributed by atoms with Crippen LogP contribution in [0.3, 0.4) is 0 Å². The molecule has 0 radical (unpaired) electrons. The zero-order chi connectivity index (χ0) is 21.5. The zero-order valence-corrected chi connectivity index (χ0v) is 18.2. The average molecular weight is 415 g/mol. The van der Waals surface area contributed by atoms with Crippen molar-refractivity contribution < 1.29 is 14.4 Å². The number of carbonyl (C=O) groups is 3. The Bertz CT molecular complexity index is 731. The van der Waals surface area contributed by atoms with Gasteiger partial charge in [0.1, 0.15) is 6.04 Å². The third kappa shape index (κ3) is 5.59. The maximum Gasteiger partial charge on any atom is 0.250 e. The van der Waals surface area contributed by atoms with E-state index in [9.17, 15) is 14.4 Å². The van der Waals surface area contributed by atoms with Crippen molar-refractivity contribution >= 4 is 17.7 Å². The van der Waals surface area contributed by atoms with Gasteiger partial charge in [-0.25, -0.2) is 0 Å². The molecule has 0 aliphatic carbocycles. The van der Waals surface area contributed by atoms with Gasteiger partial charge in [-0.3, -0.25) is 19.3 Å². The lowest BCUT2D eigenvalue weighted by Gasteiger charge is -2.40. The number of carbonyl (C=O) groups excluding carboxylic acids is 3. The molecular formula is C23H34N4O3. The summed E-state index contributed by atoms with van der Waals surface area (Å²) in [5, 5.41) is 2.99. The minimum absolute atomic E-state index is 0.0137. The average Bonchev–Trinajstić information content (AvgIpc) is 2.76. The largest absolute Gasteiger partial charge is 0.353 e. The number of piperidine rings is 1. The molecule has 0 saturated carbocycles. The van der Waals surface area contributed by atoms with Gasteiger partial charge in [-0.1, -0.05) is 37.3 Å². The first-order valence-electron chi connectivity index (χ1n) is 11.1. The number of hydrogen-bond donors (Lipinski definition) is 1. The van der Waals surface area contributed by atoms with E-state index >= 15 is 0 Å². The van der Waals surface area contributed by atoms with Crippen LogP contribution in [0.5, 0.6) is 0 Å². The maximum absolute atomic E-state index is 13.5. The Balaban J connectivity index is 1.63. The van der Waals surface area contributed by atoms with E-state index in [1.54, 1.807) is 4.90 Å². The van der Waals surface area contributed by atoms with Crippen molar-refractivity contribution in [3.63, 3.8) is 0 Å². The second-order valence-electron chi connectivity index (χ2n) is 8.34. The first-order chi connectivity index (χ1) is 14.5. The van der Waals surface area contributed by atoms with Crippen molar-refractivity contribution in [1.82, 2.24) is 20.0 Å². The van der Waals surface area contributed by atoms with E-state index in [0.29, 0.717) is 45.7 Å². The van der Waals surface area contributed by atoms with Gasteiger partial charge < -0.3 is 15.1 Å². The third-order valence-electron chi connectivity index (χ3n) is 6.09. The van der Waals surface area contributed by atoms with Crippen molar-refractivity contribution in [2.75, 3.05) is 39.3 Å². The third-order valence-corrected chi connectivity index (χ3v) is 6.09. The Morgan fingerprint density at radius 2 is 1.73 bits per heavy atom. The molecule has 30 heavy (non-hydrogen) atoms. The highest BCUT2D eigenvalue weighted by molar-refractivity contribution is 5.89. The molecule has 2 fully saturated rings. The fourth-order valence-electron chi connectivity index (χ4n) is 4.12. The second-order valence-corrected chi connectivity index (χ2v) is 8.34. The number of nitrogens with zero attached hydrogens (tertiary/aromatic N) is 3. The zero-order valence-electron chi connectivity index (χ0n) is 18.2. The van der Waals surface area contributed by atoms with Gasteiger partial charge in [-0.15, -0.1) is 0 Å². The topological polar surface area (TPSA) is 73.0 Å². The molecule has 2 atom stereocenters. The van der Waals surface area contributed by atoms with Crippen LogP contribution >= 0.6 is 0 Å². The Morgan fingerprint density at radius 3 is 2.37 bits per heavy atom. The van der Waals surface area contributed by atoms with E-state index in [2.05, 4.69) is 10.2 Å². The lowest BCUT2D eigenvalue weighted by Crippen LogP contribution is -2.54. The van der Waals surface area contributed by atoms with Crippen molar-refractivity contribution in [2.45, 2.75) is 51.6 Å². The Kier molecular flexibility index (Phi) is 7.85. The number of hydrogen-bond acceptors (Lipinski definition) is 4. The van der Waals surface area contributed by atoms with Gasteiger partial charge in [0, 0.05) is 45.2 Å². The van der Waals surface area contributed by atoms with Crippen molar-refractivity contribution in [3.05, 3.63) is 35.9 Å². The van der Waals surface area contributed by atoms with Crippen LogP contribution in [0.2, 0.25) is 0 Å². The lowest BCUT2D eigenvalue weighted by molar-refractivity contribution is -0.149. The maximum atomic E-state index is 13.5. The van der Waals surface area contributed by atoms with Crippen molar-refractivity contribution in [1.29, 1.82) is 0 Å². The van der Waals surface area contributed by atoms with Gasteiger partial charge in [-0.2, -0.15) is 0 Å². The molecule has 2 unspecified atom stereocenters. The number of benzene rings is 1. The smallest absolute Gasteiger partial charge is 0.250 e. The first kappa shape index (κ1) is 22.3. The molecule has 164 valence electrons. The molecule has 2 heterocycles. The van der Waals surface area contributed by atoms with Gasteiger partial charge in [0.15, 0.2) is 0 Å². The molecule has 7 heteroatoms. The summed E-state index contributed by atoms with van der Waals surface area (Å²) >= 11 is 0. The van der Waals surface area contributed by atoms with E-state index in [1.807, 2.05) is 49.1 Å². The summed E-state index contributed by atoms with van der Waals surface area (Å²) in [5.41, 5.74) is 0.869. The van der Waals surface area contributed by atoms with E-state index in [-0.39, 0.29) is 23.8 Å². The fourth-order valence-corrected chi connectivity index (χ4v) is 4.12. The summed E-state index contributed by atoms with van der Waals surface area (Å²) < 4.78 is 0. The minimum Gasteiger partial charge on any atom is -0.353 e.